The van der Waals surface area contributed by atoms with E-state index in [1.165, 1.54) is 0 Å². The van der Waals surface area contributed by atoms with Crippen LogP contribution in [0.4, 0.5) is 5.69 Å². The second kappa shape index (κ2) is 6.03. The van der Waals surface area contributed by atoms with E-state index in [4.69, 9.17) is 5.73 Å². The predicted molar refractivity (Wildman–Crippen MR) is 81.3 cm³/mol. The van der Waals surface area contributed by atoms with Gasteiger partial charge in [0.1, 0.15) is 0 Å². The number of benzene rings is 1. The van der Waals surface area contributed by atoms with Crippen LogP contribution in [0.3, 0.4) is 0 Å². The van der Waals surface area contributed by atoms with Gasteiger partial charge in [-0.1, -0.05) is 15.9 Å². The number of hydrogen-bond donors (Lipinski definition) is 1. The van der Waals surface area contributed by atoms with Gasteiger partial charge in [0.2, 0.25) is 5.91 Å². The molecule has 0 aromatic heterocycles. The van der Waals surface area contributed by atoms with Gasteiger partial charge in [-0.15, -0.1) is 0 Å². The topological polar surface area (TPSA) is 49.6 Å². The molecule has 0 spiro atoms. The lowest BCUT2D eigenvalue weighted by atomic mass is 10.1. The first-order valence-electron chi connectivity index (χ1n) is 6.49. The number of amides is 1. The molecule has 0 saturated carbocycles. The third kappa shape index (κ3) is 3.16. The standard InChI is InChI=1S/C14H20BrN3O/c1-10-7-11(3-4-13(10)15)18-8-12(5-6-16)17(2)9-14(18)19/h3-4,7,12H,5-6,8-9,16H2,1-2H3. The summed E-state index contributed by atoms with van der Waals surface area (Å²) >= 11 is 3.49. The Balaban J connectivity index is 2.22. The maximum absolute atomic E-state index is 12.2. The molecule has 1 aliphatic rings. The summed E-state index contributed by atoms with van der Waals surface area (Å²) in [5.41, 5.74) is 7.76. The second-order valence-electron chi connectivity index (χ2n) is 5.08. The third-order valence-corrected chi connectivity index (χ3v) is 4.55. The highest BCUT2D eigenvalue weighted by molar-refractivity contribution is 9.10. The molecule has 1 aliphatic heterocycles. The fourth-order valence-electron chi connectivity index (χ4n) is 2.43. The van der Waals surface area contributed by atoms with Crippen LogP contribution < -0.4 is 10.6 Å². The zero-order valence-electron chi connectivity index (χ0n) is 11.4. The minimum absolute atomic E-state index is 0.150. The molecule has 0 aliphatic carbocycles. The quantitative estimate of drug-likeness (QED) is 0.921. The van der Waals surface area contributed by atoms with Crippen LogP contribution in [-0.2, 0) is 4.79 Å². The van der Waals surface area contributed by atoms with Crippen LogP contribution in [0, 0.1) is 6.92 Å². The van der Waals surface area contributed by atoms with Crippen molar-refractivity contribution in [2.75, 3.05) is 31.6 Å². The SMILES string of the molecule is Cc1cc(N2CC(CCN)N(C)CC2=O)ccc1Br. The number of aryl methyl sites for hydroxylation is 1. The van der Waals surface area contributed by atoms with Gasteiger partial charge < -0.3 is 10.6 Å². The van der Waals surface area contributed by atoms with Crippen molar-refractivity contribution in [3.63, 3.8) is 0 Å². The molecular formula is C14H20BrN3O. The lowest BCUT2D eigenvalue weighted by Crippen LogP contribution is -2.55. The highest BCUT2D eigenvalue weighted by Gasteiger charge is 2.30. The number of piperazine rings is 1. The largest absolute Gasteiger partial charge is 0.330 e. The smallest absolute Gasteiger partial charge is 0.241 e. The van der Waals surface area contributed by atoms with Gasteiger partial charge in [-0.25, -0.2) is 0 Å². The van der Waals surface area contributed by atoms with Crippen LogP contribution in [0.5, 0.6) is 0 Å². The summed E-state index contributed by atoms with van der Waals surface area (Å²) in [5.74, 6) is 0.150. The number of nitrogens with zero attached hydrogens (tertiary/aromatic N) is 2. The van der Waals surface area contributed by atoms with Gasteiger partial charge in [-0.2, -0.15) is 0 Å². The zero-order chi connectivity index (χ0) is 14.0. The Kier molecular flexibility index (Phi) is 4.60. The van der Waals surface area contributed by atoms with E-state index in [2.05, 4.69) is 20.8 Å². The maximum atomic E-state index is 12.2. The molecule has 104 valence electrons. The molecule has 1 unspecified atom stereocenters. The van der Waals surface area contributed by atoms with E-state index in [1.54, 1.807) is 0 Å². The average Bonchev–Trinajstić information content (AvgIpc) is 2.36. The van der Waals surface area contributed by atoms with Crippen LogP contribution >= 0.6 is 15.9 Å². The van der Waals surface area contributed by atoms with Gasteiger partial charge in [0.05, 0.1) is 6.54 Å². The van der Waals surface area contributed by atoms with Crippen LogP contribution in [0.15, 0.2) is 22.7 Å². The fourth-order valence-corrected chi connectivity index (χ4v) is 2.68. The van der Waals surface area contributed by atoms with Crippen LogP contribution in [-0.4, -0.2) is 43.5 Å². The van der Waals surface area contributed by atoms with E-state index >= 15 is 0 Å². The Morgan fingerprint density at radius 1 is 1.47 bits per heavy atom. The molecule has 0 bridgehead atoms. The predicted octanol–water partition coefficient (Wildman–Crippen LogP) is 1.75. The average molecular weight is 326 g/mol. The van der Waals surface area contributed by atoms with Crippen molar-refractivity contribution in [2.24, 2.45) is 5.73 Å². The molecule has 2 rings (SSSR count). The maximum Gasteiger partial charge on any atom is 0.241 e. The Morgan fingerprint density at radius 3 is 2.84 bits per heavy atom. The summed E-state index contributed by atoms with van der Waals surface area (Å²) in [7, 11) is 1.99. The summed E-state index contributed by atoms with van der Waals surface area (Å²) in [6.07, 6.45) is 0.912. The van der Waals surface area contributed by atoms with E-state index < -0.39 is 0 Å². The van der Waals surface area contributed by atoms with Crippen molar-refractivity contribution >= 4 is 27.5 Å². The Morgan fingerprint density at radius 2 is 2.21 bits per heavy atom. The summed E-state index contributed by atoms with van der Waals surface area (Å²) in [5, 5.41) is 0. The molecule has 19 heavy (non-hydrogen) atoms. The molecule has 1 atom stereocenters. The van der Waals surface area contributed by atoms with Gasteiger partial charge in [0, 0.05) is 22.7 Å². The van der Waals surface area contributed by atoms with Gasteiger partial charge in [0.15, 0.2) is 0 Å². The summed E-state index contributed by atoms with van der Waals surface area (Å²) in [6, 6.07) is 6.37. The first-order chi connectivity index (χ1) is 9.02. The van der Waals surface area contributed by atoms with Crippen LogP contribution in [0.2, 0.25) is 0 Å². The van der Waals surface area contributed by atoms with Gasteiger partial charge in [-0.05, 0) is 50.7 Å². The molecule has 1 aromatic rings. The number of likely N-dealkylation sites (N-methyl/N-ethyl adjacent to an activating group) is 1. The van der Waals surface area contributed by atoms with Crippen molar-refractivity contribution in [1.82, 2.24) is 4.90 Å². The molecule has 5 heteroatoms. The minimum Gasteiger partial charge on any atom is -0.330 e. The van der Waals surface area contributed by atoms with Crippen molar-refractivity contribution in [2.45, 2.75) is 19.4 Å². The monoisotopic (exact) mass is 325 g/mol. The number of nitrogens with two attached hydrogens (primary N) is 1. The number of rotatable bonds is 3. The summed E-state index contributed by atoms with van der Waals surface area (Å²) in [4.78, 5) is 16.2. The van der Waals surface area contributed by atoms with Crippen molar-refractivity contribution in [3.05, 3.63) is 28.2 Å². The van der Waals surface area contributed by atoms with Gasteiger partial charge in [0.25, 0.3) is 0 Å². The highest BCUT2D eigenvalue weighted by Crippen LogP contribution is 2.25. The zero-order valence-corrected chi connectivity index (χ0v) is 13.0. The van der Waals surface area contributed by atoms with Crippen LogP contribution in [0.25, 0.3) is 0 Å². The van der Waals surface area contributed by atoms with E-state index in [1.807, 2.05) is 37.1 Å². The van der Waals surface area contributed by atoms with E-state index in [0.717, 1.165) is 22.1 Å². The number of anilines is 1. The lowest BCUT2D eigenvalue weighted by molar-refractivity contribution is -0.122. The molecule has 1 saturated heterocycles. The Bertz CT molecular complexity index is 478. The first kappa shape index (κ1) is 14.5. The molecule has 1 fully saturated rings. The van der Waals surface area contributed by atoms with E-state index in [9.17, 15) is 4.79 Å². The summed E-state index contributed by atoms with van der Waals surface area (Å²) in [6.45, 7) is 3.86. The van der Waals surface area contributed by atoms with E-state index in [0.29, 0.717) is 25.7 Å². The highest BCUT2D eigenvalue weighted by atomic mass is 79.9. The Hall–Kier alpha value is -0.910. The Labute approximate surface area is 122 Å². The first-order valence-corrected chi connectivity index (χ1v) is 7.29. The second-order valence-corrected chi connectivity index (χ2v) is 5.94. The normalized spacial score (nSPS) is 20.9. The fraction of sp³-hybridized carbons (Fsp3) is 0.500. The van der Waals surface area contributed by atoms with Gasteiger partial charge in [-0.3, -0.25) is 9.69 Å². The molecule has 1 amide bonds. The summed E-state index contributed by atoms with van der Waals surface area (Å²) < 4.78 is 1.07. The molecule has 1 aromatic carbocycles. The third-order valence-electron chi connectivity index (χ3n) is 3.66. The number of carbonyl (C=O) groups excluding carboxylic acids is 1. The number of carbonyl (C=O) groups is 1. The molecule has 0 radical (unpaired) electrons. The molecule has 1 heterocycles. The number of hydrogen-bond acceptors (Lipinski definition) is 3. The minimum atomic E-state index is 0.150. The molecule has 2 N–H and O–H groups in total. The van der Waals surface area contributed by atoms with Crippen LogP contribution in [0.1, 0.15) is 12.0 Å². The van der Waals surface area contributed by atoms with Gasteiger partial charge >= 0.3 is 0 Å². The van der Waals surface area contributed by atoms with Crippen molar-refractivity contribution in [1.29, 1.82) is 0 Å². The van der Waals surface area contributed by atoms with Crippen molar-refractivity contribution in [3.8, 4) is 0 Å². The number of halogens is 1. The van der Waals surface area contributed by atoms with E-state index in [-0.39, 0.29) is 5.91 Å². The van der Waals surface area contributed by atoms with Crippen molar-refractivity contribution < 1.29 is 4.79 Å². The molecular weight excluding hydrogens is 306 g/mol. The lowest BCUT2D eigenvalue weighted by Gasteiger charge is -2.39. The molecule has 4 nitrogen and oxygen atoms in total.